The Morgan fingerprint density at radius 1 is 1.00 bits per heavy atom. The van der Waals surface area contributed by atoms with Gasteiger partial charge in [-0.25, -0.2) is 0 Å². The van der Waals surface area contributed by atoms with Crippen LogP contribution in [-0.2, 0) is 9.59 Å². The molecule has 0 bridgehead atoms. The standard InChI is InChI=1S/C12H22O2S2/c1-2-3-4-5-6-7-10-16-12(14)9-8-11(13)15/h2-10H2,1H3,(H,13,15). The lowest BCUT2D eigenvalue weighted by molar-refractivity contribution is -0.115. The minimum absolute atomic E-state index is 0.121. The summed E-state index contributed by atoms with van der Waals surface area (Å²) in [5.74, 6) is 0.895. The van der Waals surface area contributed by atoms with Gasteiger partial charge in [0.1, 0.15) is 0 Å². The Bertz CT molecular complexity index is 205. The Balaban J connectivity index is 3.18. The number of unbranched alkanes of at least 4 members (excludes halogenated alkanes) is 5. The fourth-order valence-electron chi connectivity index (χ4n) is 1.35. The van der Waals surface area contributed by atoms with Crippen molar-refractivity contribution < 1.29 is 9.59 Å². The molecule has 0 spiro atoms. The van der Waals surface area contributed by atoms with Gasteiger partial charge in [0.05, 0.1) is 0 Å². The Morgan fingerprint density at radius 2 is 1.62 bits per heavy atom. The van der Waals surface area contributed by atoms with Crippen molar-refractivity contribution in [1.82, 2.24) is 0 Å². The molecule has 0 aromatic heterocycles. The van der Waals surface area contributed by atoms with Crippen LogP contribution >= 0.6 is 24.4 Å². The topological polar surface area (TPSA) is 34.1 Å². The van der Waals surface area contributed by atoms with Gasteiger partial charge in [-0.05, 0) is 6.42 Å². The van der Waals surface area contributed by atoms with Crippen LogP contribution in [0.1, 0.15) is 58.3 Å². The van der Waals surface area contributed by atoms with Crippen molar-refractivity contribution in [3.8, 4) is 0 Å². The summed E-state index contributed by atoms with van der Waals surface area (Å²) in [5.41, 5.74) is 0. The van der Waals surface area contributed by atoms with Crippen LogP contribution in [0, 0.1) is 0 Å². The minimum Gasteiger partial charge on any atom is -0.287 e. The lowest BCUT2D eigenvalue weighted by Gasteiger charge is -2.00. The summed E-state index contributed by atoms with van der Waals surface area (Å²) in [6.07, 6.45) is 8.09. The number of thiol groups is 1. The van der Waals surface area contributed by atoms with Crippen LogP contribution in [-0.4, -0.2) is 16.0 Å². The molecule has 0 rings (SSSR count). The van der Waals surface area contributed by atoms with Gasteiger partial charge in [-0.3, -0.25) is 9.59 Å². The molecule has 0 aliphatic carbocycles. The molecule has 0 aromatic rings. The van der Waals surface area contributed by atoms with Crippen LogP contribution < -0.4 is 0 Å². The molecule has 4 heteroatoms. The summed E-state index contributed by atoms with van der Waals surface area (Å²) in [7, 11) is 0. The second kappa shape index (κ2) is 11.5. The van der Waals surface area contributed by atoms with Crippen molar-refractivity contribution in [2.45, 2.75) is 58.3 Å². The van der Waals surface area contributed by atoms with E-state index < -0.39 is 0 Å². The zero-order chi connectivity index (χ0) is 12.2. The van der Waals surface area contributed by atoms with Crippen LogP contribution in [0.2, 0.25) is 0 Å². The van der Waals surface area contributed by atoms with Crippen LogP contribution in [0.5, 0.6) is 0 Å². The number of thioether (sulfide) groups is 1. The summed E-state index contributed by atoms with van der Waals surface area (Å²) in [5, 5.41) is -0.0792. The molecule has 0 N–H and O–H groups in total. The highest BCUT2D eigenvalue weighted by Gasteiger charge is 2.04. The normalized spacial score (nSPS) is 10.4. The summed E-state index contributed by atoms with van der Waals surface area (Å²) >= 11 is 4.99. The van der Waals surface area contributed by atoms with Crippen LogP contribution in [0.3, 0.4) is 0 Å². The van der Waals surface area contributed by atoms with Gasteiger partial charge < -0.3 is 0 Å². The van der Waals surface area contributed by atoms with E-state index in [1.807, 2.05) is 0 Å². The monoisotopic (exact) mass is 262 g/mol. The van der Waals surface area contributed by atoms with Gasteiger partial charge in [-0.1, -0.05) is 50.8 Å². The molecule has 0 amide bonds. The van der Waals surface area contributed by atoms with Gasteiger partial charge in [0, 0.05) is 18.6 Å². The summed E-state index contributed by atoms with van der Waals surface area (Å²) in [6.45, 7) is 2.21. The van der Waals surface area contributed by atoms with Crippen molar-refractivity contribution in [1.29, 1.82) is 0 Å². The zero-order valence-electron chi connectivity index (χ0n) is 10.0. The molecule has 0 saturated carbocycles. The van der Waals surface area contributed by atoms with Gasteiger partial charge in [-0.15, -0.1) is 12.6 Å². The lowest BCUT2D eigenvalue weighted by Crippen LogP contribution is -1.97. The highest BCUT2D eigenvalue weighted by atomic mass is 32.2. The first kappa shape index (κ1) is 16.0. The first-order chi connectivity index (χ1) is 7.66. The predicted molar refractivity (Wildman–Crippen MR) is 74.1 cm³/mol. The SMILES string of the molecule is CCCCCCCCSC(=O)CCC(=O)S. The molecular formula is C12H22O2S2. The Kier molecular flexibility index (Phi) is 11.6. The molecule has 0 fully saturated rings. The highest BCUT2D eigenvalue weighted by Crippen LogP contribution is 2.13. The maximum absolute atomic E-state index is 11.3. The van der Waals surface area contributed by atoms with E-state index in [2.05, 4.69) is 19.6 Å². The van der Waals surface area contributed by atoms with Gasteiger partial charge in [-0.2, -0.15) is 0 Å². The second-order valence-electron chi connectivity index (χ2n) is 3.88. The van der Waals surface area contributed by atoms with Crippen LogP contribution in [0.15, 0.2) is 0 Å². The average molecular weight is 262 g/mol. The molecule has 94 valence electrons. The second-order valence-corrected chi connectivity index (χ2v) is 5.53. The number of hydrogen-bond donors (Lipinski definition) is 1. The maximum atomic E-state index is 11.3. The summed E-state index contributed by atoms with van der Waals surface area (Å²) in [4.78, 5) is 21.8. The quantitative estimate of drug-likeness (QED) is 0.480. The minimum atomic E-state index is -0.200. The molecule has 0 aliphatic rings. The smallest absolute Gasteiger partial charge is 0.189 e. The van der Waals surface area contributed by atoms with E-state index in [1.54, 1.807) is 0 Å². The fraction of sp³-hybridized carbons (Fsp3) is 0.833. The summed E-state index contributed by atoms with van der Waals surface area (Å²) in [6, 6.07) is 0. The van der Waals surface area contributed by atoms with Crippen molar-refractivity contribution >= 4 is 34.6 Å². The number of carbonyl (C=O) groups is 2. The van der Waals surface area contributed by atoms with Crippen LogP contribution in [0.25, 0.3) is 0 Å². The van der Waals surface area contributed by atoms with E-state index in [4.69, 9.17) is 0 Å². The van der Waals surface area contributed by atoms with E-state index in [9.17, 15) is 9.59 Å². The van der Waals surface area contributed by atoms with Gasteiger partial charge in [0.15, 0.2) is 10.2 Å². The van der Waals surface area contributed by atoms with E-state index in [0.717, 1.165) is 12.2 Å². The molecule has 0 aliphatic heterocycles. The maximum Gasteiger partial charge on any atom is 0.189 e. The largest absolute Gasteiger partial charge is 0.287 e. The zero-order valence-corrected chi connectivity index (χ0v) is 11.7. The van der Waals surface area contributed by atoms with Gasteiger partial charge >= 0.3 is 0 Å². The predicted octanol–water partition coefficient (Wildman–Crippen LogP) is 3.84. The third kappa shape index (κ3) is 12.1. The third-order valence-corrected chi connectivity index (χ3v) is 3.55. The highest BCUT2D eigenvalue weighted by molar-refractivity contribution is 8.13. The molecule has 0 unspecified atom stereocenters. The lowest BCUT2D eigenvalue weighted by atomic mass is 10.1. The van der Waals surface area contributed by atoms with Gasteiger partial charge in [0.2, 0.25) is 0 Å². The van der Waals surface area contributed by atoms with Gasteiger partial charge in [0.25, 0.3) is 0 Å². The third-order valence-electron chi connectivity index (χ3n) is 2.30. The molecule has 2 nitrogen and oxygen atoms in total. The number of carbonyl (C=O) groups excluding carboxylic acids is 2. The number of hydrogen-bond acceptors (Lipinski definition) is 3. The van der Waals surface area contributed by atoms with Crippen molar-refractivity contribution in [3.05, 3.63) is 0 Å². The van der Waals surface area contributed by atoms with E-state index >= 15 is 0 Å². The van der Waals surface area contributed by atoms with Crippen LogP contribution in [0.4, 0.5) is 0 Å². The molecular weight excluding hydrogens is 240 g/mol. The van der Waals surface area contributed by atoms with Crippen molar-refractivity contribution in [3.63, 3.8) is 0 Å². The van der Waals surface area contributed by atoms with E-state index in [1.165, 1.54) is 43.9 Å². The molecule has 16 heavy (non-hydrogen) atoms. The Morgan fingerprint density at radius 3 is 2.25 bits per heavy atom. The molecule has 0 heterocycles. The average Bonchev–Trinajstić information content (AvgIpc) is 2.25. The Hall–Kier alpha value is 0.0400. The molecule has 0 aromatic carbocycles. The first-order valence-electron chi connectivity index (χ1n) is 6.04. The first-order valence-corrected chi connectivity index (χ1v) is 7.47. The van der Waals surface area contributed by atoms with Crippen molar-refractivity contribution in [2.75, 3.05) is 5.75 Å². The van der Waals surface area contributed by atoms with E-state index in [-0.39, 0.29) is 16.7 Å². The molecule has 0 radical (unpaired) electrons. The fourth-order valence-corrected chi connectivity index (χ4v) is 2.28. The molecule has 0 saturated heterocycles. The Labute approximate surface area is 108 Å². The number of rotatable bonds is 10. The molecule has 0 atom stereocenters. The van der Waals surface area contributed by atoms with E-state index in [0.29, 0.717) is 6.42 Å². The summed E-state index contributed by atoms with van der Waals surface area (Å²) < 4.78 is 0. The van der Waals surface area contributed by atoms with Crippen molar-refractivity contribution in [2.24, 2.45) is 0 Å².